The van der Waals surface area contributed by atoms with Crippen molar-refractivity contribution in [2.45, 2.75) is 6.92 Å². The monoisotopic (exact) mass is 357 g/mol. The minimum atomic E-state index is -1.17. The van der Waals surface area contributed by atoms with Crippen LogP contribution in [-0.4, -0.2) is 16.1 Å². The lowest BCUT2D eigenvalue weighted by molar-refractivity contribution is 0.0693. The molecule has 6 heteroatoms. The van der Waals surface area contributed by atoms with Gasteiger partial charge in [-0.3, -0.25) is 0 Å². The number of aromatic carboxylic acids is 1. The molecule has 4 nitrogen and oxygen atoms in total. The second-order valence-electron chi connectivity index (χ2n) is 5.35. The van der Waals surface area contributed by atoms with Gasteiger partial charge < -0.3 is 9.84 Å². The molecule has 2 aromatic carbocycles. The SMILES string of the molecule is Cc1cc(-c2ccc(C(=O)O)c(Oc3ccccc3Cl)n2)ccc1F. The van der Waals surface area contributed by atoms with Gasteiger partial charge in [0.1, 0.15) is 17.1 Å². The lowest BCUT2D eigenvalue weighted by atomic mass is 10.1. The van der Waals surface area contributed by atoms with Crippen molar-refractivity contribution in [3.63, 3.8) is 0 Å². The molecule has 1 heterocycles. The van der Waals surface area contributed by atoms with Gasteiger partial charge in [-0.15, -0.1) is 0 Å². The van der Waals surface area contributed by atoms with Crippen molar-refractivity contribution >= 4 is 17.6 Å². The Bertz CT molecular complexity index is 959. The minimum Gasteiger partial charge on any atom is -0.477 e. The fourth-order valence-electron chi connectivity index (χ4n) is 2.28. The van der Waals surface area contributed by atoms with E-state index in [1.165, 1.54) is 12.1 Å². The molecule has 0 saturated heterocycles. The normalized spacial score (nSPS) is 10.5. The van der Waals surface area contributed by atoms with Gasteiger partial charge in [0.2, 0.25) is 5.88 Å². The fraction of sp³-hybridized carbons (Fsp3) is 0.0526. The van der Waals surface area contributed by atoms with Gasteiger partial charge in [0.25, 0.3) is 0 Å². The number of ether oxygens (including phenoxy) is 1. The highest BCUT2D eigenvalue weighted by molar-refractivity contribution is 6.32. The molecule has 0 radical (unpaired) electrons. The van der Waals surface area contributed by atoms with E-state index in [0.717, 1.165) is 0 Å². The van der Waals surface area contributed by atoms with E-state index in [9.17, 15) is 14.3 Å². The summed E-state index contributed by atoms with van der Waals surface area (Å²) in [5, 5.41) is 9.69. The molecule has 0 saturated carbocycles. The van der Waals surface area contributed by atoms with E-state index in [0.29, 0.717) is 27.6 Å². The molecule has 126 valence electrons. The molecule has 0 aliphatic carbocycles. The Labute approximate surface area is 148 Å². The number of hydrogen-bond donors (Lipinski definition) is 1. The summed E-state index contributed by atoms with van der Waals surface area (Å²) in [5.74, 6) is -1.28. The van der Waals surface area contributed by atoms with Gasteiger partial charge in [-0.1, -0.05) is 23.7 Å². The lowest BCUT2D eigenvalue weighted by Crippen LogP contribution is -2.03. The highest BCUT2D eigenvalue weighted by Crippen LogP contribution is 2.32. The average molecular weight is 358 g/mol. The second-order valence-corrected chi connectivity index (χ2v) is 5.76. The number of benzene rings is 2. The first kappa shape index (κ1) is 16.9. The van der Waals surface area contributed by atoms with E-state index in [1.807, 2.05) is 0 Å². The number of aromatic nitrogens is 1. The van der Waals surface area contributed by atoms with E-state index in [1.54, 1.807) is 49.4 Å². The fourth-order valence-corrected chi connectivity index (χ4v) is 2.45. The number of carboxylic acids is 1. The maximum Gasteiger partial charge on any atom is 0.341 e. The molecule has 3 rings (SSSR count). The largest absolute Gasteiger partial charge is 0.477 e. The van der Waals surface area contributed by atoms with E-state index < -0.39 is 5.97 Å². The molecule has 25 heavy (non-hydrogen) atoms. The van der Waals surface area contributed by atoms with Crippen molar-refractivity contribution in [1.29, 1.82) is 0 Å². The van der Waals surface area contributed by atoms with E-state index >= 15 is 0 Å². The smallest absolute Gasteiger partial charge is 0.341 e. The molecule has 0 amide bonds. The first-order valence-electron chi connectivity index (χ1n) is 7.39. The van der Waals surface area contributed by atoms with Gasteiger partial charge in [-0.2, -0.15) is 0 Å². The average Bonchev–Trinajstić information content (AvgIpc) is 2.59. The van der Waals surface area contributed by atoms with Crippen LogP contribution in [0.15, 0.2) is 54.6 Å². The number of carbonyl (C=O) groups is 1. The third-order valence-corrected chi connectivity index (χ3v) is 3.90. The molecule has 0 unspecified atom stereocenters. The lowest BCUT2D eigenvalue weighted by Gasteiger charge is -2.11. The Balaban J connectivity index is 2.07. The zero-order chi connectivity index (χ0) is 18.0. The van der Waals surface area contributed by atoms with E-state index in [-0.39, 0.29) is 17.3 Å². The van der Waals surface area contributed by atoms with Gasteiger partial charge in [-0.25, -0.2) is 14.2 Å². The van der Waals surface area contributed by atoms with Gasteiger partial charge >= 0.3 is 5.97 Å². The van der Waals surface area contributed by atoms with Crippen LogP contribution in [0, 0.1) is 12.7 Å². The number of hydrogen-bond acceptors (Lipinski definition) is 3. The van der Waals surface area contributed by atoms with Crippen LogP contribution in [0.4, 0.5) is 4.39 Å². The van der Waals surface area contributed by atoms with Gasteiger partial charge in [0, 0.05) is 5.56 Å². The van der Waals surface area contributed by atoms with Crippen molar-refractivity contribution in [2.75, 3.05) is 0 Å². The van der Waals surface area contributed by atoms with Crippen LogP contribution in [0.1, 0.15) is 15.9 Å². The third kappa shape index (κ3) is 3.61. The number of carboxylic acid groups (broad SMARTS) is 1. The summed E-state index contributed by atoms with van der Waals surface area (Å²) >= 11 is 6.06. The summed E-state index contributed by atoms with van der Waals surface area (Å²) in [7, 11) is 0. The standard InChI is InChI=1S/C19H13ClFNO3/c1-11-10-12(6-8-15(11)21)16-9-7-13(19(23)24)18(22-16)25-17-5-3-2-4-14(17)20/h2-10H,1H3,(H,23,24). The quantitative estimate of drug-likeness (QED) is 0.684. The summed E-state index contributed by atoms with van der Waals surface area (Å²) in [5.41, 5.74) is 1.49. The number of para-hydroxylation sites is 1. The Morgan fingerprint density at radius 1 is 1.16 bits per heavy atom. The maximum absolute atomic E-state index is 13.5. The molecule has 0 aliphatic rings. The molecule has 0 fully saturated rings. The van der Waals surface area contributed by atoms with Crippen molar-refractivity contribution in [3.8, 4) is 22.9 Å². The van der Waals surface area contributed by atoms with Crippen LogP contribution in [0.5, 0.6) is 11.6 Å². The zero-order valence-electron chi connectivity index (χ0n) is 13.2. The van der Waals surface area contributed by atoms with Crippen LogP contribution in [0.2, 0.25) is 5.02 Å². The van der Waals surface area contributed by atoms with Crippen LogP contribution in [-0.2, 0) is 0 Å². The predicted octanol–water partition coefficient (Wildman–Crippen LogP) is 5.34. The number of aryl methyl sites for hydroxylation is 1. The molecule has 1 aromatic heterocycles. The minimum absolute atomic E-state index is 0.0833. The predicted molar refractivity (Wildman–Crippen MR) is 92.9 cm³/mol. The third-order valence-electron chi connectivity index (χ3n) is 3.59. The van der Waals surface area contributed by atoms with Crippen molar-refractivity contribution < 1.29 is 19.0 Å². The van der Waals surface area contributed by atoms with E-state index in [2.05, 4.69) is 4.98 Å². The summed E-state index contributed by atoms with van der Waals surface area (Å²) in [6, 6.07) is 14.2. The zero-order valence-corrected chi connectivity index (χ0v) is 13.9. The van der Waals surface area contributed by atoms with Crippen LogP contribution >= 0.6 is 11.6 Å². The van der Waals surface area contributed by atoms with Crippen LogP contribution in [0.25, 0.3) is 11.3 Å². The Hall–Kier alpha value is -2.92. The van der Waals surface area contributed by atoms with Crippen LogP contribution in [0.3, 0.4) is 0 Å². The number of rotatable bonds is 4. The topological polar surface area (TPSA) is 59.4 Å². The summed E-state index contributed by atoms with van der Waals surface area (Å²) in [6.45, 7) is 1.64. The Morgan fingerprint density at radius 3 is 2.60 bits per heavy atom. The van der Waals surface area contributed by atoms with Crippen molar-refractivity contribution in [3.05, 3.63) is 76.6 Å². The molecular weight excluding hydrogens is 345 g/mol. The molecule has 0 atom stereocenters. The molecule has 0 aliphatic heterocycles. The van der Waals surface area contributed by atoms with Crippen molar-refractivity contribution in [2.24, 2.45) is 0 Å². The van der Waals surface area contributed by atoms with Crippen LogP contribution < -0.4 is 4.74 Å². The number of halogens is 2. The van der Waals surface area contributed by atoms with Gasteiger partial charge in [-0.05, 0) is 55.0 Å². The summed E-state index contributed by atoms with van der Waals surface area (Å²) < 4.78 is 19.1. The first-order valence-corrected chi connectivity index (χ1v) is 7.77. The number of nitrogens with zero attached hydrogens (tertiary/aromatic N) is 1. The summed E-state index contributed by atoms with van der Waals surface area (Å²) in [4.78, 5) is 15.7. The number of pyridine rings is 1. The molecule has 0 bridgehead atoms. The Morgan fingerprint density at radius 2 is 1.92 bits per heavy atom. The van der Waals surface area contributed by atoms with Crippen molar-refractivity contribution in [1.82, 2.24) is 4.98 Å². The summed E-state index contributed by atoms with van der Waals surface area (Å²) in [6.07, 6.45) is 0. The molecule has 1 N–H and O–H groups in total. The molecule has 0 spiro atoms. The first-order chi connectivity index (χ1) is 12.0. The van der Waals surface area contributed by atoms with Gasteiger partial charge in [0.05, 0.1) is 10.7 Å². The molecule has 3 aromatic rings. The molecular formula is C19H13ClFNO3. The maximum atomic E-state index is 13.5. The highest BCUT2D eigenvalue weighted by atomic mass is 35.5. The Kier molecular flexibility index (Phi) is 4.67. The van der Waals surface area contributed by atoms with E-state index in [4.69, 9.17) is 16.3 Å². The second kappa shape index (κ2) is 6.91. The van der Waals surface area contributed by atoms with Gasteiger partial charge in [0.15, 0.2) is 0 Å². The highest BCUT2D eigenvalue weighted by Gasteiger charge is 2.17.